The zero-order valence-electron chi connectivity index (χ0n) is 8.50. The van der Waals surface area contributed by atoms with E-state index in [-0.39, 0.29) is 12.4 Å². The Morgan fingerprint density at radius 2 is 1.93 bits per heavy atom. The van der Waals surface area contributed by atoms with Crippen molar-refractivity contribution in [1.82, 2.24) is 5.32 Å². The summed E-state index contributed by atoms with van der Waals surface area (Å²) in [6, 6.07) is 0. The Morgan fingerprint density at radius 3 is 2.50 bits per heavy atom. The first-order valence-electron chi connectivity index (χ1n) is 5.21. The number of nitrogens with one attached hydrogen (secondary N) is 1. The molecule has 84 valence electrons. The fourth-order valence-corrected chi connectivity index (χ4v) is 1.88. The second kappa shape index (κ2) is 8.06. The van der Waals surface area contributed by atoms with Gasteiger partial charge in [0.1, 0.15) is 0 Å². The molecule has 0 aromatic carbocycles. The summed E-state index contributed by atoms with van der Waals surface area (Å²) in [5.74, 6) is 0.181. The lowest BCUT2D eigenvalue weighted by atomic mass is 9.92. The molecule has 4 heteroatoms. The summed E-state index contributed by atoms with van der Waals surface area (Å²) in [6.45, 7) is 2.28. The van der Waals surface area contributed by atoms with Crippen molar-refractivity contribution in [3.8, 4) is 0 Å². The van der Waals surface area contributed by atoms with Crippen LogP contribution in [0.3, 0.4) is 0 Å². The molecule has 0 saturated carbocycles. The van der Waals surface area contributed by atoms with Crippen LogP contribution in [0.1, 0.15) is 38.5 Å². The van der Waals surface area contributed by atoms with Crippen LogP contribution < -0.4 is 5.32 Å². The predicted molar refractivity (Wildman–Crippen MR) is 58.9 cm³/mol. The van der Waals surface area contributed by atoms with E-state index < -0.39 is 5.97 Å². The largest absolute Gasteiger partial charge is 0.481 e. The van der Waals surface area contributed by atoms with E-state index in [0.29, 0.717) is 6.42 Å². The molecule has 1 aliphatic heterocycles. The minimum Gasteiger partial charge on any atom is -0.481 e. The summed E-state index contributed by atoms with van der Waals surface area (Å²) in [5, 5.41) is 11.8. The summed E-state index contributed by atoms with van der Waals surface area (Å²) in [7, 11) is 0. The molecule has 0 spiro atoms. The number of carbonyl (C=O) groups is 1. The van der Waals surface area contributed by atoms with Crippen LogP contribution in [0.2, 0.25) is 0 Å². The van der Waals surface area contributed by atoms with Crippen LogP contribution in [0.4, 0.5) is 0 Å². The van der Waals surface area contributed by atoms with E-state index in [1.54, 1.807) is 0 Å². The molecule has 0 bridgehead atoms. The van der Waals surface area contributed by atoms with Gasteiger partial charge in [0.15, 0.2) is 0 Å². The Hall–Kier alpha value is -0.280. The van der Waals surface area contributed by atoms with Gasteiger partial charge >= 0.3 is 5.97 Å². The Morgan fingerprint density at radius 1 is 1.29 bits per heavy atom. The van der Waals surface area contributed by atoms with Gasteiger partial charge in [0.2, 0.25) is 0 Å². The standard InChI is InChI=1S/C10H19NO2.ClH/c12-10(13)4-2-1-3-9-5-7-11-8-6-9;/h9,11H,1-8H2,(H,12,13);1H. The smallest absolute Gasteiger partial charge is 0.303 e. The molecule has 14 heavy (non-hydrogen) atoms. The number of hydrogen-bond acceptors (Lipinski definition) is 2. The lowest BCUT2D eigenvalue weighted by molar-refractivity contribution is -0.137. The van der Waals surface area contributed by atoms with Crippen LogP contribution in [0.5, 0.6) is 0 Å². The highest BCUT2D eigenvalue weighted by atomic mass is 35.5. The second-order valence-corrected chi connectivity index (χ2v) is 3.83. The first kappa shape index (κ1) is 13.7. The summed E-state index contributed by atoms with van der Waals surface area (Å²) >= 11 is 0. The average Bonchev–Trinajstić information content (AvgIpc) is 2.14. The van der Waals surface area contributed by atoms with Gasteiger partial charge in [0, 0.05) is 6.42 Å². The maximum Gasteiger partial charge on any atom is 0.303 e. The first-order valence-corrected chi connectivity index (χ1v) is 5.21. The molecule has 3 nitrogen and oxygen atoms in total. The van der Waals surface area contributed by atoms with Gasteiger partial charge in [-0.2, -0.15) is 0 Å². The molecule has 0 atom stereocenters. The summed E-state index contributed by atoms with van der Waals surface area (Å²) < 4.78 is 0. The quantitative estimate of drug-likeness (QED) is 0.699. The van der Waals surface area contributed by atoms with Gasteiger partial charge in [-0.05, 0) is 38.3 Å². The lowest BCUT2D eigenvalue weighted by Gasteiger charge is -2.22. The highest BCUT2D eigenvalue weighted by Gasteiger charge is 2.12. The maximum absolute atomic E-state index is 10.2. The SMILES string of the molecule is Cl.O=C(O)CCCCC1CCNCC1. The van der Waals surface area contributed by atoms with Crippen LogP contribution in [-0.4, -0.2) is 24.2 Å². The molecule has 0 aromatic heterocycles. The monoisotopic (exact) mass is 221 g/mol. The third kappa shape index (κ3) is 6.22. The van der Waals surface area contributed by atoms with E-state index in [0.717, 1.165) is 31.8 Å². The molecule has 0 aliphatic carbocycles. The first-order chi connectivity index (χ1) is 6.29. The fraction of sp³-hybridized carbons (Fsp3) is 0.900. The van der Waals surface area contributed by atoms with E-state index in [9.17, 15) is 4.79 Å². The number of unbranched alkanes of at least 4 members (excludes halogenated alkanes) is 1. The van der Waals surface area contributed by atoms with Crippen LogP contribution in [0, 0.1) is 5.92 Å². The lowest BCUT2D eigenvalue weighted by Crippen LogP contribution is -2.27. The van der Waals surface area contributed by atoms with Crippen molar-refractivity contribution in [1.29, 1.82) is 0 Å². The van der Waals surface area contributed by atoms with E-state index in [4.69, 9.17) is 5.11 Å². The van der Waals surface area contributed by atoms with Crippen molar-refractivity contribution in [2.75, 3.05) is 13.1 Å². The molecule has 0 amide bonds. The maximum atomic E-state index is 10.2. The molecule has 2 N–H and O–H groups in total. The topological polar surface area (TPSA) is 49.3 Å². The number of carboxylic acid groups (broad SMARTS) is 1. The number of aliphatic carboxylic acids is 1. The molecule has 1 rings (SSSR count). The fourth-order valence-electron chi connectivity index (χ4n) is 1.88. The molecule has 1 fully saturated rings. The van der Waals surface area contributed by atoms with E-state index in [2.05, 4.69) is 5.32 Å². The molecular weight excluding hydrogens is 202 g/mol. The van der Waals surface area contributed by atoms with Gasteiger partial charge in [-0.25, -0.2) is 0 Å². The van der Waals surface area contributed by atoms with Crippen molar-refractivity contribution in [3.63, 3.8) is 0 Å². The Balaban J connectivity index is 0.00000169. The molecular formula is C10H20ClNO2. The number of piperidine rings is 1. The zero-order valence-corrected chi connectivity index (χ0v) is 9.31. The van der Waals surface area contributed by atoms with Crippen molar-refractivity contribution in [2.45, 2.75) is 38.5 Å². The predicted octanol–water partition coefficient (Wildman–Crippen LogP) is 2.05. The summed E-state index contributed by atoms with van der Waals surface area (Å²) in [6.07, 6.45) is 6.02. The molecule has 1 heterocycles. The van der Waals surface area contributed by atoms with Crippen molar-refractivity contribution in [2.24, 2.45) is 5.92 Å². The number of hydrogen-bond donors (Lipinski definition) is 2. The minimum atomic E-state index is -0.662. The number of carboxylic acids is 1. The second-order valence-electron chi connectivity index (χ2n) is 3.83. The summed E-state index contributed by atoms with van der Waals surface area (Å²) in [4.78, 5) is 10.2. The highest BCUT2D eigenvalue weighted by molar-refractivity contribution is 5.85. The van der Waals surface area contributed by atoms with Crippen LogP contribution >= 0.6 is 12.4 Å². The third-order valence-electron chi connectivity index (χ3n) is 2.71. The summed E-state index contributed by atoms with van der Waals surface area (Å²) in [5.41, 5.74) is 0. The van der Waals surface area contributed by atoms with Crippen molar-refractivity contribution < 1.29 is 9.90 Å². The van der Waals surface area contributed by atoms with Gasteiger partial charge in [-0.3, -0.25) is 4.79 Å². The van der Waals surface area contributed by atoms with Gasteiger partial charge in [-0.15, -0.1) is 12.4 Å². The Kier molecular flexibility index (Phi) is 7.90. The van der Waals surface area contributed by atoms with E-state index in [1.165, 1.54) is 19.3 Å². The third-order valence-corrected chi connectivity index (χ3v) is 2.71. The average molecular weight is 222 g/mol. The van der Waals surface area contributed by atoms with E-state index in [1.807, 2.05) is 0 Å². The van der Waals surface area contributed by atoms with Crippen molar-refractivity contribution >= 4 is 18.4 Å². The van der Waals surface area contributed by atoms with Gasteiger partial charge in [-0.1, -0.05) is 12.8 Å². The molecule has 0 unspecified atom stereocenters. The van der Waals surface area contributed by atoms with E-state index >= 15 is 0 Å². The molecule has 1 saturated heterocycles. The Bertz CT molecular complexity index is 158. The number of halogens is 1. The van der Waals surface area contributed by atoms with Gasteiger partial charge < -0.3 is 10.4 Å². The van der Waals surface area contributed by atoms with Crippen LogP contribution in [-0.2, 0) is 4.79 Å². The van der Waals surface area contributed by atoms with Gasteiger partial charge in [0.05, 0.1) is 0 Å². The minimum absolute atomic E-state index is 0. The van der Waals surface area contributed by atoms with Crippen LogP contribution in [0.15, 0.2) is 0 Å². The van der Waals surface area contributed by atoms with Gasteiger partial charge in [0.25, 0.3) is 0 Å². The molecule has 1 aliphatic rings. The highest BCUT2D eigenvalue weighted by Crippen LogP contribution is 2.18. The number of rotatable bonds is 5. The zero-order chi connectivity index (χ0) is 9.52. The van der Waals surface area contributed by atoms with Crippen molar-refractivity contribution in [3.05, 3.63) is 0 Å². The van der Waals surface area contributed by atoms with Crippen LogP contribution in [0.25, 0.3) is 0 Å². The normalized spacial score (nSPS) is 17.4. The molecule has 0 aromatic rings. The molecule has 0 radical (unpaired) electrons. The Labute approximate surface area is 91.7 Å².